The van der Waals surface area contributed by atoms with Crippen LogP contribution in [0.2, 0.25) is 0 Å². The molecule has 9 heteroatoms. The predicted molar refractivity (Wildman–Crippen MR) is 126 cm³/mol. The molecule has 1 N–H and O–H groups in total. The number of methoxy groups -OCH3 is 1. The highest BCUT2D eigenvalue weighted by molar-refractivity contribution is 7.87. The van der Waals surface area contributed by atoms with Gasteiger partial charge < -0.3 is 9.47 Å². The van der Waals surface area contributed by atoms with Crippen molar-refractivity contribution in [1.29, 1.82) is 0 Å². The summed E-state index contributed by atoms with van der Waals surface area (Å²) in [5, 5.41) is 0. The Morgan fingerprint density at radius 2 is 1.79 bits per heavy atom. The van der Waals surface area contributed by atoms with Crippen molar-refractivity contribution in [2.24, 2.45) is 5.92 Å². The number of nitrogens with one attached hydrogen (secondary N) is 1. The maximum absolute atomic E-state index is 12.7. The minimum Gasteiger partial charge on any atom is -0.453 e. The molecule has 184 valence electrons. The summed E-state index contributed by atoms with van der Waals surface area (Å²) < 4.78 is 40.9. The van der Waals surface area contributed by atoms with E-state index in [1.54, 1.807) is 4.90 Å². The number of carbonyl (C=O) groups is 1. The van der Waals surface area contributed by atoms with E-state index >= 15 is 0 Å². The van der Waals surface area contributed by atoms with Gasteiger partial charge in [0.05, 0.1) is 31.9 Å². The van der Waals surface area contributed by atoms with Gasteiger partial charge in [-0.05, 0) is 55.9 Å². The van der Waals surface area contributed by atoms with Gasteiger partial charge in [-0.3, -0.25) is 4.90 Å². The van der Waals surface area contributed by atoms with Crippen LogP contribution in [0.25, 0.3) is 0 Å². The van der Waals surface area contributed by atoms with Crippen LogP contribution in [0.15, 0.2) is 30.3 Å². The second kappa shape index (κ2) is 10.3. The molecule has 3 fully saturated rings. The molecule has 0 spiro atoms. The largest absolute Gasteiger partial charge is 0.453 e. The lowest BCUT2D eigenvalue weighted by Crippen LogP contribution is -2.53. The fourth-order valence-electron chi connectivity index (χ4n) is 5.96. The third kappa shape index (κ3) is 5.21. The summed E-state index contributed by atoms with van der Waals surface area (Å²) >= 11 is 0. The molecule has 0 radical (unpaired) electrons. The zero-order chi connectivity index (χ0) is 23.6. The van der Waals surface area contributed by atoms with Crippen LogP contribution in [0.4, 0.5) is 4.79 Å². The van der Waals surface area contributed by atoms with Crippen LogP contribution in [-0.2, 0) is 19.7 Å². The number of benzene rings is 1. The predicted octanol–water partition coefficient (Wildman–Crippen LogP) is 3.11. The average molecular weight is 480 g/mol. The number of fused-ring (bicyclic) bond motifs is 1. The van der Waals surface area contributed by atoms with E-state index in [9.17, 15) is 13.2 Å². The SMILES string of the molecule is COC(=O)N1C2CCCC2C(NS(=O)(=O)N(C)C)C1COC1CCC(c2ccccc2)CC1. The lowest BCUT2D eigenvalue weighted by molar-refractivity contribution is -0.00981. The highest BCUT2D eigenvalue weighted by Gasteiger charge is 2.54. The summed E-state index contributed by atoms with van der Waals surface area (Å²) in [6, 6.07) is 9.82. The quantitative estimate of drug-likeness (QED) is 0.649. The number of carbonyl (C=O) groups excluding carboxylic acids is 1. The van der Waals surface area contributed by atoms with Crippen LogP contribution < -0.4 is 4.72 Å². The highest BCUT2D eigenvalue weighted by atomic mass is 32.2. The maximum atomic E-state index is 12.7. The first-order valence-electron chi connectivity index (χ1n) is 12.0. The Kier molecular flexibility index (Phi) is 7.63. The van der Waals surface area contributed by atoms with Crippen LogP contribution in [0.5, 0.6) is 0 Å². The van der Waals surface area contributed by atoms with E-state index in [2.05, 4.69) is 29.0 Å². The van der Waals surface area contributed by atoms with Crippen LogP contribution in [-0.4, -0.2) is 75.8 Å². The summed E-state index contributed by atoms with van der Waals surface area (Å²) in [7, 11) is 0.764. The van der Waals surface area contributed by atoms with Gasteiger partial charge in [0.2, 0.25) is 0 Å². The van der Waals surface area contributed by atoms with Gasteiger partial charge in [0.15, 0.2) is 0 Å². The van der Waals surface area contributed by atoms with Crippen molar-refractivity contribution in [3.05, 3.63) is 35.9 Å². The highest BCUT2D eigenvalue weighted by Crippen LogP contribution is 2.43. The summed E-state index contributed by atoms with van der Waals surface area (Å²) in [4.78, 5) is 14.5. The van der Waals surface area contributed by atoms with Crippen molar-refractivity contribution in [3.63, 3.8) is 0 Å². The van der Waals surface area contributed by atoms with E-state index in [0.29, 0.717) is 12.5 Å². The molecule has 0 bridgehead atoms. The second-order valence-corrected chi connectivity index (χ2v) is 11.7. The van der Waals surface area contributed by atoms with Crippen molar-refractivity contribution < 1.29 is 22.7 Å². The molecule has 1 aromatic carbocycles. The molecule has 3 aliphatic rings. The summed E-state index contributed by atoms with van der Waals surface area (Å²) in [6.07, 6.45) is 6.51. The maximum Gasteiger partial charge on any atom is 0.410 e. The van der Waals surface area contributed by atoms with E-state index in [1.807, 2.05) is 6.07 Å². The molecule has 4 unspecified atom stereocenters. The fourth-order valence-corrected chi connectivity index (χ4v) is 6.85. The number of rotatable bonds is 7. The van der Waals surface area contributed by atoms with Crippen molar-refractivity contribution >= 4 is 16.3 Å². The average Bonchev–Trinajstić information content (AvgIpc) is 3.39. The molecule has 0 aromatic heterocycles. The van der Waals surface area contributed by atoms with Gasteiger partial charge in [0.1, 0.15) is 0 Å². The topological polar surface area (TPSA) is 88.2 Å². The Hall–Kier alpha value is -1.68. The lowest BCUT2D eigenvalue weighted by Gasteiger charge is -2.34. The first-order valence-corrected chi connectivity index (χ1v) is 13.5. The number of amides is 1. The molecule has 2 saturated carbocycles. The first kappa shape index (κ1) is 24.4. The Balaban J connectivity index is 1.44. The standard InChI is InChI=1S/C24H37N3O5S/c1-26(2)33(29,30)25-23-20-10-7-11-21(20)27(24(28)31-3)22(23)16-32-19-14-12-18(13-15-19)17-8-5-4-6-9-17/h4-6,8-9,18-23,25H,7,10-16H2,1-3H3. The number of hydrogen-bond acceptors (Lipinski definition) is 5. The van der Waals surface area contributed by atoms with E-state index in [-0.39, 0.29) is 30.1 Å². The normalized spacial score (nSPS) is 32.2. The van der Waals surface area contributed by atoms with Gasteiger partial charge in [-0.2, -0.15) is 17.4 Å². The number of nitrogens with zero attached hydrogens (tertiary/aromatic N) is 2. The van der Waals surface area contributed by atoms with Crippen molar-refractivity contribution in [1.82, 2.24) is 13.9 Å². The number of hydrogen-bond donors (Lipinski definition) is 1. The van der Waals surface area contributed by atoms with E-state index in [0.717, 1.165) is 44.9 Å². The Bertz CT molecular complexity index is 902. The summed E-state index contributed by atoms with van der Waals surface area (Å²) in [6.45, 7) is 0.309. The fraction of sp³-hybridized carbons (Fsp3) is 0.708. The molecule has 1 amide bonds. The lowest BCUT2D eigenvalue weighted by atomic mass is 9.83. The monoisotopic (exact) mass is 479 g/mol. The zero-order valence-corrected chi connectivity index (χ0v) is 20.7. The molecule has 33 heavy (non-hydrogen) atoms. The third-order valence-electron chi connectivity index (χ3n) is 7.72. The van der Waals surface area contributed by atoms with Gasteiger partial charge in [-0.15, -0.1) is 0 Å². The molecule has 1 saturated heterocycles. The van der Waals surface area contributed by atoms with Crippen molar-refractivity contribution in [2.45, 2.75) is 75.1 Å². The molecule has 1 aliphatic heterocycles. The Labute approximate surface area is 197 Å². The van der Waals surface area contributed by atoms with Crippen molar-refractivity contribution in [2.75, 3.05) is 27.8 Å². The molecule has 4 rings (SSSR count). The Morgan fingerprint density at radius 3 is 2.42 bits per heavy atom. The van der Waals surface area contributed by atoms with E-state index in [1.165, 1.54) is 31.1 Å². The smallest absolute Gasteiger partial charge is 0.410 e. The molecular formula is C24H37N3O5S. The zero-order valence-electron chi connectivity index (χ0n) is 19.9. The van der Waals surface area contributed by atoms with E-state index in [4.69, 9.17) is 9.47 Å². The molecule has 1 heterocycles. The third-order valence-corrected chi connectivity index (χ3v) is 9.25. The van der Waals surface area contributed by atoms with Crippen LogP contribution >= 0.6 is 0 Å². The second-order valence-electron chi connectivity index (χ2n) is 9.76. The molecule has 1 aromatic rings. The molecule has 4 atom stereocenters. The van der Waals surface area contributed by atoms with Gasteiger partial charge >= 0.3 is 6.09 Å². The molecule has 2 aliphatic carbocycles. The molecule has 8 nitrogen and oxygen atoms in total. The van der Waals surface area contributed by atoms with Gasteiger partial charge in [0.25, 0.3) is 10.2 Å². The van der Waals surface area contributed by atoms with Crippen LogP contribution in [0.3, 0.4) is 0 Å². The van der Waals surface area contributed by atoms with Crippen LogP contribution in [0.1, 0.15) is 56.4 Å². The van der Waals surface area contributed by atoms with E-state index < -0.39 is 16.3 Å². The van der Waals surface area contributed by atoms with Crippen molar-refractivity contribution in [3.8, 4) is 0 Å². The number of ether oxygens (including phenoxy) is 2. The molecular weight excluding hydrogens is 442 g/mol. The summed E-state index contributed by atoms with van der Waals surface area (Å²) in [5.74, 6) is 0.629. The minimum atomic E-state index is -3.64. The van der Waals surface area contributed by atoms with Crippen LogP contribution in [0, 0.1) is 5.92 Å². The summed E-state index contributed by atoms with van der Waals surface area (Å²) in [5.41, 5.74) is 1.38. The van der Waals surface area contributed by atoms with Gasteiger partial charge in [-0.25, -0.2) is 4.79 Å². The Morgan fingerprint density at radius 1 is 1.09 bits per heavy atom. The van der Waals surface area contributed by atoms with Gasteiger partial charge in [-0.1, -0.05) is 36.8 Å². The first-order chi connectivity index (χ1) is 15.8. The number of likely N-dealkylation sites (tertiary alicyclic amines) is 1. The van der Waals surface area contributed by atoms with Gasteiger partial charge in [0, 0.05) is 20.1 Å². The minimum absolute atomic E-state index is 0.0188.